The van der Waals surface area contributed by atoms with Gasteiger partial charge in [-0.1, -0.05) is 11.9 Å². The standard InChI is InChI=1S/C28H24N6.C11H17N6.Ir/c1-3-11-23(12-4-1)33-21-31(25-15-9-17-29-27(25)33)19-7-8-20-32-22-34(24-13-5-2-6-14-24)28-26(32)16-10-18-30-28;1-8(2)16-6-10(12-13-16)11-7-17(9(3)4)14-15(11)5;/h1-6,9-11,13,15-18,21-22H,7-8,19-20H2;8-9H,1-5H3;/q-4;-1;. The molecule has 8 rings (SSSR count). The molecule has 0 fully saturated rings. The number of benzene rings is 2. The third-order valence-corrected chi connectivity index (χ3v) is 8.51. The van der Waals surface area contributed by atoms with E-state index < -0.39 is 0 Å². The number of pyridine rings is 2. The van der Waals surface area contributed by atoms with Crippen LogP contribution in [0, 0.1) is 37.9 Å². The molecule has 6 aromatic rings. The molecule has 0 bridgehead atoms. The molecule has 2 aliphatic rings. The van der Waals surface area contributed by atoms with Crippen LogP contribution in [0.4, 0.5) is 34.4 Å². The average Bonchev–Trinajstić information content (AvgIpc) is 3.96. The second kappa shape index (κ2) is 16.5. The van der Waals surface area contributed by atoms with Crippen molar-refractivity contribution in [2.75, 3.05) is 32.7 Å². The summed E-state index contributed by atoms with van der Waals surface area (Å²) in [6.07, 6.45) is 12.1. The Morgan fingerprint density at radius 2 is 1.31 bits per heavy atom. The molecule has 2 aliphatic heterocycles. The Morgan fingerprint density at radius 1 is 0.750 bits per heavy atom. The van der Waals surface area contributed by atoms with Crippen LogP contribution in [0.15, 0.2) is 85.2 Å². The Morgan fingerprint density at radius 3 is 1.75 bits per heavy atom. The van der Waals surface area contributed by atoms with Crippen LogP contribution in [-0.2, 0) is 27.2 Å². The van der Waals surface area contributed by atoms with E-state index in [2.05, 4.69) is 121 Å². The second-order valence-corrected chi connectivity index (χ2v) is 12.9. The molecule has 1 radical (unpaired) electrons. The summed E-state index contributed by atoms with van der Waals surface area (Å²) in [6, 6.07) is 31.4. The van der Waals surface area contributed by atoms with E-state index in [0.717, 1.165) is 66.0 Å². The van der Waals surface area contributed by atoms with Gasteiger partial charge in [0.05, 0.1) is 13.1 Å². The van der Waals surface area contributed by atoms with E-state index in [1.54, 1.807) is 14.0 Å². The Hall–Kier alpha value is -5.13. The first-order chi connectivity index (χ1) is 24.9. The fourth-order valence-corrected chi connectivity index (χ4v) is 5.86. The molecule has 2 aromatic carbocycles. The molecular weight excluding hydrogens is 829 g/mol. The van der Waals surface area contributed by atoms with Gasteiger partial charge >= 0.3 is 0 Å². The summed E-state index contributed by atoms with van der Waals surface area (Å²) >= 11 is 0. The summed E-state index contributed by atoms with van der Waals surface area (Å²) in [5, 5.41) is 12.4. The van der Waals surface area contributed by atoms with E-state index in [0.29, 0.717) is 5.69 Å². The van der Waals surface area contributed by atoms with Gasteiger partial charge in [0, 0.05) is 55.1 Å². The van der Waals surface area contributed by atoms with Crippen LogP contribution in [0.25, 0.3) is 11.4 Å². The normalized spacial score (nSPS) is 13.3. The maximum absolute atomic E-state index is 4.63. The van der Waals surface area contributed by atoms with Gasteiger partial charge in [0.15, 0.2) is 0 Å². The number of hydrogen-bond acceptors (Lipinski definition) is 9. The van der Waals surface area contributed by atoms with Crippen LogP contribution in [0.3, 0.4) is 0 Å². The number of aryl methyl sites for hydroxylation is 1. The Bertz CT molecular complexity index is 1930. The van der Waals surface area contributed by atoms with Crippen molar-refractivity contribution >= 4 is 34.4 Å². The molecule has 271 valence electrons. The summed E-state index contributed by atoms with van der Waals surface area (Å²) in [5.74, 6) is 1.90. The molecule has 6 heterocycles. The first-order valence-electron chi connectivity index (χ1n) is 17.3. The van der Waals surface area contributed by atoms with E-state index in [9.17, 15) is 0 Å². The van der Waals surface area contributed by atoms with Crippen LogP contribution in [0.2, 0.25) is 0 Å². The minimum atomic E-state index is 0. The number of fused-ring (bicyclic) bond motifs is 2. The summed E-state index contributed by atoms with van der Waals surface area (Å²) in [6.45, 7) is 14.3. The number of anilines is 6. The first kappa shape index (κ1) is 36.7. The van der Waals surface area contributed by atoms with Crippen LogP contribution in [0.5, 0.6) is 0 Å². The molecule has 0 N–H and O–H groups in total. The van der Waals surface area contributed by atoms with Gasteiger partial charge in [-0.3, -0.25) is 5.10 Å². The van der Waals surface area contributed by atoms with Gasteiger partial charge in [-0.25, -0.2) is 25.5 Å². The predicted octanol–water partition coefficient (Wildman–Crippen LogP) is 6.44. The van der Waals surface area contributed by atoms with Crippen molar-refractivity contribution in [2.24, 2.45) is 7.05 Å². The van der Waals surface area contributed by atoms with Gasteiger partial charge in [0.25, 0.3) is 0 Å². The molecule has 0 saturated carbocycles. The Balaban J connectivity index is 0.000000218. The number of hydrogen-bond donors (Lipinski definition) is 0. The molecule has 0 saturated heterocycles. The van der Waals surface area contributed by atoms with Crippen LogP contribution in [-0.4, -0.2) is 47.9 Å². The van der Waals surface area contributed by atoms with E-state index in [-0.39, 0.29) is 32.2 Å². The van der Waals surface area contributed by atoms with Crippen LogP contribution < -0.4 is 24.3 Å². The third-order valence-electron chi connectivity index (χ3n) is 8.51. The number of para-hydroxylation sites is 2. The van der Waals surface area contributed by atoms with E-state index in [1.807, 2.05) is 81.8 Å². The molecule has 12 nitrogen and oxygen atoms in total. The van der Waals surface area contributed by atoms with Gasteiger partial charge in [0.2, 0.25) is 0 Å². The van der Waals surface area contributed by atoms with Crippen LogP contribution >= 0.6 is 0 Å². The van der Waals surface area contributed by atoms with Crippen molar-refractivity contribution < 1.29 is 24.8 Å². The smallest absolute Gasteiger partial charge is 0.124 e. The van der Waals surface area contributed by atoms with Crippen molar-refractivity contribution in [2.45, 2.75) is 52.6 Å². The van der Waals surface area contributed by atoms with E-state index >= 15 is 0 Å². The molecule has 0 amide bonds. The Kier molecular flexibility index (Phi) is 11.6. The van der Waals surface area contributed by atoms with E-state index in [4.69, 9.17) is 0 Å². The van der Waals surface area contributed by atoms with Crippen LogP contribution in [0.1, 0.15) is 52.6 Å². The maximum Gasteiger partial charge on any atom is 0.124 e. The molecule has 0 unspecified atom stereocenters. The number of rotatable bonds is 10. The zero-order valence-corrected chi connectivity index (χ0v) is 32.3. The van der Waals surface area contributed by atoms with Crippen molar-refractivity contribution in [1.29, 1.82) is 0 Å². The van der Waals surface area contributed by atoms with Gasteiger partial charge < -0.3 is 24.3 Å². The minimum absolute atomic E-state index is 0. The number of nitrogens with zero attached hydrogens (tertiary/aromatic N) is 12. The monoisotopic (exact) mass is 870 g/mol. The largest absolute Gasteiger partial charge is 0.500 e. The molecule has 0 spiro atoms. The van der Waals surface area contributed by atoms with Gasteiger partial charge in [0.1, 0.15) is 11.6 Å². The summed E-state index contributed by atoms with van der Waals surface area (Å²) in [7, 11) is 1.87. The fraction of sp³-hybridized carbons (Fsp3) is 0.282. The van der Waals surface area contributed by atoms with Crippen molar-refractivity contribution in [3.63, 3.8) is 0 Å². The van der Waals surface area contributed by atoms with Crippen molar-refractivity contribution in [3.8, 4) is 11.4 Å². The fourth-order valence-electron chi connectivity index (χ4n) is 5.86. The molecular formula is C39H41IrN12-5. The molecule has 0 atom stereocenters. The Labute approximate surface area is 319 Å². The number of aromatic nitrogens is 8. The van der Waals surface area contributed by atoms with Gasteiger partial charge in [-0.2, -0.15) is 79.7 Å². The second-order valence-electron chi connectivity index (χ2n) is 12.9. The predicted molar refractivity (Wildman–Crippen MR) is 197 cm³/mol. The average molecular weight is 870 g/mol. The maximum atomic E-state index is 4.63. The first-order valence-corrected chi connectivity index (χ1v) is 17.3. The minimum Gasteiger partial charge on any atom is -0.500 e. The van der Waals surface area contributed by atoms with Gasteiger partial charge in [-0.15, -0.1) is 16.6 Å². The van der Waals surface area contributed by atoms with E-state index in [1.165, 1.54) is 0 Å². The summed E-state index contributed by atoms with van der Waals surface area (Å²) < 4.78 is 5.22. The van der Waals surface area contributed by atoms with Gasteiger partial charge in [-0.05, 0) is 77.9 Å². The zero-order chi connectivity index (χ0) is 35.3. The summed E-state index contributed by atoms with van der Waals surface area (Å²) in [5.41, 5.74) is 5.73. The quantitative estimate of drug-likeness (QED) is 0.0878. The molecule has 52 heavy (non-hydrogen) atoms. The molecule has 4 aromatic heterocycles. The zero-order valence-electron chi connectivity index (χ0n) is 29.9. The SMILES string of the molecule is CC(C)n1[c-]c(-c2[c-][n+](C(C)C)nn2C)nn1.[Ir].[c-]1ccccc1N1[CH-]N(CCCCN2[CH-]N(c3[c-]cccc3)c3ncccc32)c2cccnc21. The summed E-state index contributed by atoms with van der Waals surface area (Å²) in [4.78, 5) is 18.1. The topological polar surface area (TPSA) is 91.2 Å². The third kappa shape index (κ3) is 7.85. The number of unbranched alkanes of at least 4 members (excludes halogenated alkanes) is 1. The molecule has 13 heteroatoms. The molecule has 0 aliphatic carbocycles. The van der Waals surface area contributed by atoms with Crippen molar-refractivity contribution in [3.05, 3.63) is 123 Å². The van der Waals surface area contributed by atoms with Crippen molar-refractivity contribution in [1.82, 2.24) is 34.9 Å².